The third kappa shape index (κ3) is 6.49. The van der Waals surface area contributed by atoms with Crippen LogP contribution in [0.2, 0.25) is 0 Å². The fraction of sp³-hybridized carbons (Fsp3) is 0. The molecule has 0 amide bonds. The Morgan fingerprint density at radius 2 is 0.600 bits per heavy atom. The standard InChI is InChI=1S/C61H38FN3/c62-50-23-13-22-44(32-50)49-37-60(64-56-33-45(40-14-5-1-6-15-40)24-28-51(56)52-29-25-46(34-57(52)64)41-16-7-2-8-17-41)55(39-63)61(38-49)65-58-35-47(42-18-9-3-10-19-42)26-30-53(58)54-31-27-48(36-59(54)65)43-20-11-4-12-21-43/h1-38H. The zero-order valence-electron chi connectivity index (χ0n) is 35.2. The lowest BCUT2D eigenvalue weighted by molar-refractivity contribution is 0.628. The first-order valence-corrected chi connectivity index (χ1v) is 21.8. The monoisotopic (exact) mass is 831 g/mol. The summed E-state index contributed by atoms with van der Waals surface area (Å²) in [5, 5.41) is 16.1. The molecular weight excluding hydrogens is 794 g/mol. The van der Waals surface area contributed by atoms with E-state index in [1.165, 1.54) is 6.07 Å². The van der Waals surface area contributed by atoms with Crippen LogP contribution in [0.15, 0.2) is 231 Å². The van der Waals surface area contributed by atoms with Crippen LogP contribution in [0.1, 0.15) is 5.56 Å². The molecule has 0 saturated carbocycles. The van der Waals surface area contributed by atoms with Gasteiger partial charge in [0.1, 0.15) is 17.4 Å². The Hall–Kier alpha value is -8.78. The predicted molar refractivity (Wildman–Crippen MR) is 267 cm³/mol. The SMILES string of the molecule is N#Cc1c(-n2c3cc(-c4ccccc4)ccc3c3ccc(-c4ccccc4)cc32)cc(-c2cccc(F)c2)cc1-n1c2cc(-c3ccccc3)ccc2c2ccc(-c3ccccc3)cc21. The van der Waals surface area contributed by atoms with Gasteiger partial charge >= 0.3 is 0 Å². The zero-order valence-corrected chi connectivity index (χ0v) is 35.2. The van der Waals surface area contributed by atoms with E-state index in [4.69, 9.17) is 0 Å². The quantitative estimate of drug-likeness (QED) is 0.157. The lowest BCUT2D eigenvalue weighted by Gasteiger charge is -2.19. The van der Waals surface area contributed by atoms with Crippen molar-refractivity contribution in [1.29, 1.82) is 5.26 Å². The molecule has 12 aromatic rings. The van der Waals surface area contributed by atoms with Crippen LogP contribution in [0.5, 0.6) is 0 Å². The van der Waals surface area contributed by atoms with E-state index in [9.17, 15) is 5.26 Å². The van der Waals surface area contributed by atoms with Crippen molar-refractivity contribution in [2.75, 3.05) is 0 Å². The molecule has 0 aliphatic heterocycles. The van der Waals surface area contributed by atoms with Gasteiger partial charge in [-0.3, -0.25) is 0 Å². The number of aromatic nitrogens is 2. The van der Waals surface area contributed by atoms with Crippen LogP contribution in [-0.4, -0.2) is 9.13 Å². The van der Waals surface area contributed by atoms with Gasteiger partial charge in [0.05, 0.1) is 33.4 Å². The van der Waals surface area contributed by atoms with Crippen LogP contribution in [0.3, 0.4) is 0 Å². The summed E-state index contributed by atoms with van der Waals surface area (Å²) in [5.74, 6) is -0.330. The van der Waals surface area contributed by atoms with Gasteiger partial charge < -0.3 is 9.13 Å². The minimum Gasteiger partial charge on any atom is -0.308 e. The van der Waals surface area contributed by atoms with Gasteiger partial charge in [-0.25, -0.2) is 4.39 Å². The maximum Gasteiger partial charge on any atom is 0.123 e. The second kappa shape index (κ2) is 15.5. The molecule has 0 spiro atoms. The van der Waals surface area contributed by atoms with E-state index in [0.29, 0.717) is 22.5 Å². The van der Waals surface area contributed by atoms with Crippen molar-refractivity contribution < 1.29 is 4.39 Å². The third-order valence-corrected chi connectivity index (χ3v) is 12.8. The Labute approximate surface area is 375 Å². The number of benzene rings is 10. The van der Waals surface area contributed by atoms with Gasteiger partial charge in [-0.15, -0.1) is 0 Å². The summed E-state index contributed by atoms with van der Waals surface area (Å²) in [6.07, 6.45) is 0. The summed E-state index contributed by atoms with van der Waals surface area (Å²) in [6, 6.07) is 81.7. The van der Waals surface area contributed by atoms with Gasteiger partial charge in [0, 0.05) is 21.5 Å². The zero-order chi connectivity index (χ0) is 43.4. The average molecular weight is 832 g/mol. The fourth-order valence-corrected chi connectivity index (χ4v) is 9.71. The molecule has 2 aromatic heterocycles. The number of fused-ring (bicyclic) bond motifs is 6. The van der Waals surface area contributed by atoms with Crippen LogP contribution in [-0.2, 0) is 0 Å². The molecule has 0 aliphatic rings. The van der Waals surface area contributed by atoms with E-state index in [0.717, 1.165) is 93.7 Å². The average Bonchev–Trinajstić information content (AvgIpc) is 3.88. The molecule has 0 fully saturated rings. The van der Waals surface area contributed by atoms with Crippen molar-refractivity contribution in [2.24, 2.45) is 0 Å². The highest BCUT2D eigenvalue weighted by Gasteiger charge is 2.24. The number of hydrogen-bond acceptors (Lipinski definition) is 1. The molecule has 304 valence electrons. The van der Waals surface area contributed by atoms with Crippen LogP contribution < -0.4 is 0 Å². The molecular formula is C61H38FN3. The molecule has 0 atom stereocenters. The highest BCUT2D eigenvalue weighted by molar-refractivity contribution is 6.13. The van der Waals surface area contributed by atoms with Gasteiger partial charge in [-0.2, -0.15) is 5.26 Å². The fourth-order valence-electron chi connectivity index (χ4n) is 9.71. The molecule has 10 aromatic carbocycles. The highest BCUT2D eigenvalue weighted by atomic mass is 19.1. The Morgan fingerprint density at radius 3 is 0.908 bits per heavy atom. The summed E-state index contributed by atoms with van der Waals surface area (Å²) in [4.78, 5) is 0. The van der Waals surface area contributed by atoms with Gasteiger partial charge in [-0.05, 0) is 104 Å². The minimum atomic E-state index is -0.330. The van der Waals surface area contributed by atoms with Gasteiger partial charge in [0.15, 0.2) is 0 Å². The summed E-state index contributed by atoms with van der Waals surface area (Å²) < 4.78 is 19.9. The molecule has 0 N–H and O–H groups in total. The second-order valence-corrected chi connectivity index (χ2v) is 16.6. The van der Waals surface area contributed by atoms with E-state index >= 15 is 4.39 Å². The Bertz CT molecular complexity index is 3410. The summed E-state index contributed by atoms with van der Waals surface area (Å²) in [6.45, 7) is 0. The van der Waals surface area contributed by atoms with Crippen molar-refractivity contribution in [3.05, 3.63) is 242 Å². The molecule has 65 heavy (non-hydrogen) atoms. The van der Waals surface area contributed by atoms with Crippen molar-refractivity contribution >= 4 is 43.6 Å². The number of halogens is 1. The number of rotatable bonds is 7. The van der Waals surface area contributed by atoms with Crippen molar-refractivity contribution in [2.45, 2.75) is 0 Å². The van der Waals surface area contributed by atoms with E-state index in [2.05, 4.69) is 197 Å². The maximum absolute atomic E-state index is 15.3. The molecule has 0 saturated heterocycles. The van der Waals surface area contributed by atoms with E-state index in [-0.39, 0.29) is 5.82 Å². The predicted octanol–water partition coefficient (Wildman–Crippen LogP) is 16.2. The first-order chi connectivity index (χ1) is 32.1. The number of nitriles is 1. The minimum absolute atomic E-state index is 0.330. The van der Waals surface area contributed by atoms with Crippen LogP contribution in [0.4, 0.5) is 4.39 Å². The Morgan fingerprint density at radius 1 is 0.292 bits per heavy atom. The lowest BCUT2D eigenvalue weighted by atomic mass is 9.99. The first-order valence-electron chi connectivity index (χ1n) is 21.8. The van der Waals surface area contributed by atoms with Gasteiger partial charge in [0.2, 0.25) is 0 Å². The van der Waals surface area contributed by atoms with E-state index in [1.54, 1.807) is 12.1 Å². The number of nitrogens with zero attached hydrogens (tertiary/aromatic N) is 3. The van der Waals surface area contributed by atoms with Crippen LogP contribution in [0.25, 0.3) is 111 Å². The molecule has 2 heterocycles. The van der Waals surface area contributed by atoms with Gasteiger partial charge in [-0.1, -0.05) is 182 Å². The van der Waals surface area contributed by atoms with Gasteiger partial charge in [0.25, 0.3) is 0 Å². The topological polar surface area (TPSA) is 33.6 Å². The van der Waals surface area contributed by atoms with Crippen molar-refractivity contribution in [3.8, 4) is 73.1 Å². The molecule has 12 rings (SSSR count). The van der Waals surface area contributed by atoms with Crippen molar-refractivity contribution in [1.82, 2.24) is 9.13 Å². The summed E-state index contributed by atoms with van der Waals surface area (Å²) in [7, 11) is 0. The lowest BCUT2D eigenvalue weighted by Crippen LogP contribution is -2.05. The van der Waals surface area contributed by atoms with Crippen molar-refractivity contribution in [3.63, 3.8) is 0 Å². The smallest absolute Gasteiger partial charge is 0.123 e. The number of hydrogen-bond donors (Lipinski definition) is 0. The maximum atomic E-state index is 15.3. The Kier molecular flexibility index (Phi) is 9.07. The molecule has 3 nitrogen and oxygen atoms in total. The Balaban J connectivity index is 1.23. The van der Waals surface area contributed by atoms with Crippen LogP contribution in [0, 0.1) is 17.1 Å². The summed E-state index contributed by atoms with van der Waals surface area (Å²) >= 11 is 0. The molecule has 4 heteroatoms. The highest BCUT2D eigenvalue weighted by Crippen LogP contribution is 2.43. The molecule has 0 bridgehead atoms. The molecule has 0 aliphatic carbocycles. The second-order valence-electron chi connectivity index (χ2n) is 16.6. The third-order valence-electron chi connectivity index (χ3n) is 12.8. The normalized spacial score (nSPS) is 11.4. The van der Waals surface area contributed by atoms with Crippen LogP contribution >= 0.6 is 0 Å². The van der Waals surface area contributed by atoms with E-state index in [1.807, 2.05) is 30.3 Å². The first kappa shape index (κ1) is 37.9. The molecule has 0 radical (unpaired) electrons. The molecule has 0 unspecified atom stereocenters. The summed E-state index contributed by atoms with van der Waals surface area (Å²) in [5.41, 5.74) is 15.9. The largest absolute Gasteiger partial charge is 0.308 e. The van der Waals surface area contributed by atoms with E-state index < -0.39 is 0 Å².